The van der Waals surface area contributed by atoms with Crippen molar-refractivity contribution in [3.63, 3.8) is 0 Å². The number of amides is 4. The number of carbonyl (C=O) groups is 4. The normalized spacial score (nSPS) is 18.1. The lowest BCUT2D eigenvalue weighted by Gasteiger charge is -2.40. The van der Waals surface area contributed by atoms with Crippen LogP contribution in [-0.4, -0.2) is 83.1 Å². The smallest absolute Gasteiger partial charge is 0.250 e. The summed E-state index contributed by atoms with van der Waals surface area (Å²) in [5.74, 6) is -1.32. The number of hydrogen-bond donors (Lipinski definition) is 2. The summed E-state index contributed by atoms with van der Waals surface area (Å²) in [6.07, 6.45) is 2.00. The lowest BCUT2D eigenvalue weighted by molar-refractivity contribution is -0.145. The number of piperazine rings is 1. The van der Waals surface area contributed by atoms with Crippen molar-refractivity contribution in [3.05, 3.63) is 78.0 Å². The fourth-order valence-corrected chi connectivity index (χ4v) is 5.11. The molecule has 0 radical (unpaired) electrons. The Morgan fingerprint density at radius 1 is 0.975 bits per heavy atom. The fourth-order valence-electron chi connectivity index (χ4n) is 5.11. The number of carbonyl (C=O) groups excluding carboxylic acids is 4. The highest BCUT2D eigenvalue weighted by molar-refractivity contribution is 6.00. The lowest BCUT2D eigenvalue weighted by Crippen LogP contribution is -2.58. The summed E-state index contributed by atoms with van der Waals surface area (Å²) >= 11 is 0. The van der Waals surface area contributed by atoms with Gasteiger partial charge in [-0.15, -0.1) is 12.4 Å². The van der Waals surface area contributed by atoms with Crippen LogP contribution in [0.4, 0.5) is 0 Å². The van der Waals surface area contributed by atoms with Gasteiger partial charge in [-0.1, -0.05) is 74.5 Å². The van der Waals surface area contributed by atoms with Crippen molar-refractivity contribution in [1.29, 1.82) is 0 Å². The minimum absolute atomic E-state index is 0. The van der Waals surface area contributed by atoms with Crippen LogP contribution >= 0.6 is 12.4 Å². The Balaban J connectivity index is 0.00000441. The number of nitrogens with one attached hydrogen (secondary N) is 2. The summed E-state index contributed by atoms with van der Waals surface area (Å²) in [4.78, 5) is 57.9. The van der Waals surface area contributed by atoms with E-state index >= 15 is 0 Å². The van der Waals surface area contributed by atoms with Gasteiger partial charge in [-0.3, -0.25) is 24.1 Å². The van der Waals surface area contributed by atoms with Crippen molar-refractivity contribution in [2.24, 2.45) is 5.92 Å². The molecule has 9 nitrogen and oxygen atoms in total. The minimum atomic E-state index is -0.767. The monoisotopic (exact) mass is 567 g/mol. The predicted molar refractivity (Wildman–Crippen MR) is 156 cm³/mol. The first-order valence-corrected chi connectivity index (χ1v) is 13.5. The average Bonchev–Trinajstić information content (AvgIpc) is 2.94. The van der Waals surface area contributed by atoms with Gasteiger partial charge in [0.05, 0.1) is 5.70 Å². The molecule has 1 unspecified atom stereocenters. The van der Waals surface area contributed by atoms with Gasteiger partial charge in [0.2, 0.25) is 17.7 Å². The van der Waals surface area contributed by atoms with Gasteiger partial charge >= 0.3 is 0 Å². The van der Waals surface area contributed by atoms with Gasteiger partial charge in [0.25, 0.3) is 5.91 Å². The van der Waals surface area contributed by atoms with Crippen molar-refractivity contribution >= 4 is 41.7 Å². The van der Waals surface area contributed by atoms with Gasteiger partial charge in [0.1, 0.15) is 18.6 Å². The summed E-state index contributed by atoms with van der Waals surface area (Å²) in [7, 11) is 0. The molecular weight excluding hydrogens is 530 g/mol. The van der Waals surface area contributed by atoms with E-state index in [9.17, 15) is 19.2 Å². The molecule has 2 atom stereocenters. The zero-order chi connectivity index (χ0) is 27.9. The molecule has 2 aliphatic rings. The Morgan fingerprint density at radius 2 is 1.57 bits per heavy atom. The minimum Gasteiger partial charge on any atom is -0.342 e. The van der Waals surface area contributed by atoms with E-state index in [0.29, 0.717) is 43.9 Å². The zero-order valence-corrected chi connectivity index (χ0v) is 24.0. The molecular formula is C30H38ClN5O4. The van der Waals surface area contributed by atoms with Gasteiger partial charge in [-0.25, -0.2) is 0 Å². The molecule has 2 N–H and O–H groups in total. The molecule has 10 heteroatoms. The van der Waals surface area contributed by atoms with E-state index in [1.54, 1.807) is 11.1 Å². The van der Waals surface area contributed by atoms with E-state index < -0.39 is 18.0 Å². The molecule has 1 fully saturated rings. The highest BCUT2D eigenvalue weighted by Gasteiger charge is 2.40. The first kappa shape index (κ1) is 30.8. The molecule has 2 aromatic rings. The molecule has 4 rings (SSSR count). The SMILES string of the molecule is CC(=O)N1C=C(c2ccccc2)N(CC(=O)N[C@H](Cc2ccccc2)C(=O)N2CCNCC2)C(=O)C1C(C)C.Cl. The highest BCUT2D eigenvalue weighted by atomic mass is 35.5. The van der Waals surface area contributed by atoms with Gasteiger partial charge in [0, 0.05) is 45.7 Å². The topological polar surface area (TPSA) is 102 Å². The first-order valence-electron chi connectivity index (χ1n) is 13.5. The Hall–Kier alpha value is -3.69. The zero-order valence-electron chi connectivity index (χ0n) is 23.2. The third-order valence-corrected chi connectivity index (χ3v) is 7.08. The van der Waals surface area contributed by atoms with E-state index in [4.69, 9.17) is 0 Å². The van der Waals surface area contributed by atoms with Crippen LogP contribution in [0.1, 0.15) is 31.9 Å². The van der Waals surface area contributed by atoms with Crippen LogP contribution in [0.3, 0.4) is 0 Å². The summed E-state index contributed by atoms with van der Waals surface area (Å²) < 4.78 is 0. The second-order valence-electron chi connectivity index (χ2n) is 10.3. The molecule has 4 amide bonds. The number of halogens is 1. The van der Waals surface area contributed by atoms with E-state index in [0.717, 1.165) is 5.56 Å². The van der Waals surface area contributed by atoms with Crippen LogP contribution < -0.4 is 10.6 Å². The van der Waals surface area contributed by atoms with Crippen molar-refractivity contribution in [2.45, 2.75) is 39.3 Å². The quantitative estimate of drug-likeness (QED) is 0.510. The maximum absolute atomic E-state index is 13.8. The summed E-state index contributed by atoms with van der Waals surface area (Å²) in [6, 6.07) is 17.3. The standard InChI is InChI=1S/C30H37N5O4.ClH/c1-21(2)28-30(39)35(26(19-34(28)22(3)36)24-12-8-5-9-13-24)20-27(37)32-25(18-23-10-6-4-7-11-23)29(38)33-16-14-31-15-17-33;/h4-13,19,21,25,28,31H,14-18,20H2,1-3H3,(H,32,37);1H/t25-,28?;/m1./s1. The molecule has 0 spiro atoms. The van der Waals surface area contributed by atoms with Crippen molar-refractivity contribution < 1.29 is 19.2 Å². The second kappa shape index (κ2) is 14.1. The van der Waals surface area contributed by atoms with Crippen molar-refractivity contribution in [2.75, 3.05) is 32.7 Å². The first-order chi connectivity index (χ1) is 18.8. The van der Waals surface area contributed by atoms with Crippen molar-refractivity contribution in [3.8, 4) is 0 Å². The number of nitrogens with zero attached hydrogens (tertiary/aromatic N) is 3. The molecule has 0 bridgehead atoms. The lowest BCUT2D eigenvalue weighted by atomic mass is 9.97. The van der Waals surface area contributed by atoms with Crippen LogP contribution in [0.15, 0.2) is 66.9 Å². The molecule has 2 aromatic carbocycles. The maximum atomic E-state index is 13.8. The van der Waals surface area contributed by atoms with E-state index in [2.05, 4.69) is 10.6 Å². The van der Waals surface area contributed by atoms with E-state index in [1.165, 1.54) is 16.7 Å². The van der Waals surface area contributed by atoms with Crippen LogP contribution in [0.2, 0.25) is 0 Å². The van der Waals surface area contributed by atoms with Gasteiger partial charge < -0.3 is 20.4 Å². The second-order valence-corrected chi connectivity index (χ2v) is 10.3. The Labute approximate surface area is 242 Å². The molecule has 0 saturated carbocycles. The van der Waals surface area contributed by atoms with Crippen LogP contribution in [-0.2, 0) is 25.6 Å². The molecule has 0 aliphatic carbocycles. The van der Waals surface area contributed by atoms with Crippen LogP contribution in [0.5, 0.6) is 0 Å². The van der Waals surface area contributed by atoms with Gasteiger partial charge in [-0.05, 0) is 17.0 Å². The predicted octanol–water partition coefficient (Wildman–Crippen LogP) is 2.28. The highest BCUT2D eigenvalue weighted by Crippen LogP contribution is 2.30. The maximum Gasteiger partial charge on any atom is 0.250 e. The number of rotatable bonds is 8. The molecule has 2 heterocycles. The fraction of sp³-hybridized carbons (Fsp3) is 0.400. The Bertz CT molecular complexity index is 1220. The average molecular weight is 568 g/mol. The number of benzene rings is 2. The molecule has 0 aromatic heterocycles. The third kappa shape index (κ3) is 7.28. The summed E-state index contributed by atoms with van der Waals surface area (Å²) in [5.41, 5.74) is 2.11. The Kier molecular flexibility index (Phi) is 10.9. The molecule has 1 saturated heterocycles. The largest absolute Gasteiger partial charge is 0.342 e. The van der Waals surface area contributed by atoms with E-state index in [-0.39, 0.29) is 42.6 Å². The van der Waals surface area contributed by atoms with Gasteiger partial charge in [0.15, 0.2) is 0 Å². The van der Waals surface area contributed by atoms with Gasteiger partial charge in [-0.2, -0.15) is 0 Å². The molecule has 214 valence electrons. The number of hydrogen-bond acceptors (Lipinski definition) is 5. The summed E-state index contributed by atoms with van der Waals surface area (Å²) in [6.45, 7) is 7.46. The molecule has 40 heavy (non-hydrogen) atoms. The van der Waals surface area contributed by atoms with Crippen molar-refractivity contribution in [1.82, 2.24) is 25.3 Å². The third-order valence-electron chi connectivity index (χ3n) is 7.08. The van der Waals surface area contributed by atoms with Crippen LogP contribution in [0.25, 0.3) is 5.70 Å². The van der Waals surface area contributed by atoms with Crippen LogP contribution in [0, 0.1) is 5.92 Å². The molecule has 2 aliphatic heterocycles. The summed E-state index contributed by atoms with van der Waals surface area (Å²) in [5, 5.41) is 6.17. The van der Waals surface area contributed by atoms with E-state index in [1.807, 2.05) is 74.5 Å². The Morgan fingerprint density at radius 3 is 2.15 bits per heavy atom.